The van der Waals surface area contributed by atoms with Crippen molar-refractivity contribution in [3.05, 3.63) is 30.1 Å². The summed E-state index contributed by atoms with van der Waals surface area (Å²) in [6.45, 7) is 1.46. The minimum absolute atomic E-state index is 0.00364. The third kappa shape index (κ3) is 5.78. The Balaban J connectivity index is 1.69. The first-order valence-electron chi connectivity index (χ1n) is 7.62. The van der Waals surface area contributed by atoms with Crippen LogP contribution in [0.4, 0.5) is 4.39 Å². The molecule has 1 N–H and O–H groups in total. The van der Waals surface area contributed by atoms with E-state index in [1.807, 2.05) is 0 Å². The highest BCUT2D eigenvalue weighted by atomic mass is 19.1. The van der Waals surface area contributed by atoms with Crippen LogP contribution in [-0.4, -0.2) is 69.4 Å². The van der Waals surface area contributed by atoms with E-state index in [-0.39, 0.29) is 43.5 Å². The van der Waals surface area contributed by atoms with Crippen LogP contribution in [0.5, 0.6) is 5.75 Å². The lowest BCUT2D eigenvalue weighted by atomic mass is 10.2. The normalized spacial score (nSPS) is 17.7. The average molecular weight is 340 g/mol. The van der Waals surface area contributed by atoms with E-state index >= 15 is 0 Å². The molecule has 2 amide bonds. The molecule has 1 aliphatic heterocycles. The van der Waals surface area contributed by atoms with Gasteiger partial charge in [0.2, 0.25) is 5.91 Å². The van der Waals surface area contributed by atoms with Gasteiger partial charge in [-0.05, 0) is 24.3 Å². The van der Waals surface area contributed by atoms with E-state index < -0.39 is 0 Å². The number of rotatable bonds is 8. The number of carbonyl (C=O) groups excluding carboxylic acids is 2. The number of morpholine rings is 1. The molecule has 0 bridgehead atoms. The molecule has 0 aromatic heterocycles. The van der Waals surface area contributed by atoms with Crippen molar-refractivity contribution in [2.24, 2.45) is 0 Å². The highest BCUT2D eigenvalue weighted by Crippen LogP contribution is 2.10. The second-order valence-electron chi connectivity index (χ2n) is 5.31. The van der Waals surface area contributed by atoms with E-state index in [0.29, 0.717) is 25.4 Å². The number of hydrogen-bond acceptors (Lipinski definition) is 5. The molecule has 1 aromatic rings. The molecule has 0 spiro atoms. The van der Waals surface area contributed by atoms with Gasteiger partial charge in [0.1, 0.15) is 18.2 Å². The largest absolute Gasteiger partial charge is 0.484 e. The molecule has 0 saturated carbocycles. The lowest BCUT2D eigenvalue weighted by molar-refractivity contribution is -0.149. The highest BCUT2D eigenvalue weighted by Gasteiger charge is 2.26. The Bertz CT molecular complexity index is 552. The van der Waals surface area contributed by atoms with Crippen molar-refractivity contribution in [1.82, 2.24) is 10.2 Å². The molecule has 2 rings (SSSR count). The second-order valence-corrected chi connectivity index (χ2v) is 5.31. The number of nitrogens with zero attached hydrogens (tertiary/aromatic N) is 1. The molecule has 1 heterocycles. The Morgan fingerprint density at radius 3 is 2.88 bits per heavy atom. The summed E-state index contributed by atoms with van der Waals surface area (Å²) >= 11 is 0. The van der Waals surface area contributed by atoms with E-state index in [0.717, 1.165) is 0 Å². The predicted molar refractivity (Wildman–Crippen MR) is 83.1 cm³/mol. The van der Waals surface area contributed by atoms with Crippen LogP contribution in [0.3, 0.4) is 0 Å². The lowest BCUT2D eigenvalue weighted by Crippen LogP contribution is -2.51. The molecule has 1 aliphatic rings. The summed E-state index contributed by atoms with van der Waals surface area (Å²) in [6, 6.07) is 5.42. The maximum atomic E-state index is 12.8. The van der Waals surface area contributed by atoms with Crippen molar-refractivity contribution in [3.63, 3.8) is 0 Å². The molecule has 1 fully saturated rings. The molecule has 132 valence electrons. The molecule has 1 saturated heterocycles. The summed E-state index contributed by atoms with van der Waals surface area (Å²) in [6.07, 6.45) is -0.269. The van der Waals surface area contributed by atoms with Crippen LogP contribution >= 0.6 is 0 Å². The first-order valence-corrected chi connectivity index (χ1v) is 7.62. The van der Waals surface area contributed by atoms with Gasteiger partial charge in [-0.25, -0.2) is 4.39 Å². The van der Waals surface area contributed by atoms with Gasteiger partial charge in [-0.15, -0.1) is 0 Å². The zero-order valence-corrected chi connectivity index (χ0v) is 13.5. The van der Waals surface area contributed by atoms with Crippen molar-refractivity contribution in [2.75, 3.05) is 46.6 Å². The van der Waals surface area contributed by atoms with Gasteiger partial charge in [-0.1, -0.05) is 0 Å². The van der Waals surface area contributed by atoms with E-state index in [1.54, 1.807) is 12.0 Å². The van der Waals surface area contributed by atoms with Gasteiger partial charge in [0.15, 0.2) is 6.61 Å². The molecule has 7 nitrogen and oxygen atoms in total. The van der Waals surface area contributed by atoms with Gasteiger partial charge in [-0.2, -0.15) is 0 Å². The van der Waals surface area contributed by atoms with E-state index in [2.05, 4.69) is 5.32 Å². The van der Waals surface area contributed by atoms with Crippen molar-refractivity contribution in [3.8, 4) is 5.75 Å². The van der Waals surface area contributed by atoms with Crippen LogP contribution in [0.2, 0.25) is 0 Å². The summed E-state index contributed by atoms with van der Waals surface area (Å²) in [5.41, 5.74) is 0. The van der Waals surface area contributed by atoms with Crippen molar-refractivity contribution < 1.29 is 28.2 Å². The zero-order valence-electron chi connectivity index (χ0n) is 13.5. The van der Waals surface area contributed by atoms with Crippen LogP contribution < -0.4 is 10.1 Å². The number of nitrogens with one attached hydrogen (secondary N) is 1. The van der Waals surface area contributed by atoms with Crippen LogP contribution in [0.25, 0.3) is 0 Å². The van der Waals surface area contributed by atoms with Crippen LogP contribution in [0.15, 0.2) is 24.3 Å². The van der Waals surface area contributed by atoms with Crippen molar-refractivity contribution >= 4 is 11.8 Å². The maximum Gasteiger partial charge on any atom is 0.258 e. The summed E-state index contributed by atoms with van der Waals surface area (Å²) in [7, 11) is 1.57. The molecular weight excluding hydrogens is 319 g/mol. The Hall–Kier alpha value is -2.19. The zero-order chi connectivity index (χ0) is 17.4. The summed E-state index contributed by atoms with van der Waals surface area (Å²) < 4.78 is 28.4. The van der Waals surface area contributed by atoms with E-state index in [4.69, 9.17) is 14.2 Å². The summed E-state index contributed by atoms with van der Waals surface area (Å²) in [5.74, 6) is -0.358. The molecule has 0 aliphatic carbocycles. The quantitative estimate of drug-likeness (QED) is 0.731. The van der Waals surface area contributed by atoms with Crippen LogP contribution in [0, 0.1) is 5.82 Å². The van der Waals surface area contributed by atoms with Crippen LogP contribution in [0.1, 0.15) is 0 Å². The Morgan fingerprint density at radius 2 is 2.17 bits per heavy atom. The molecule has 1 atom stereocenters. The third-order valence-electron chi connectivity index (χ3n) is 3.50. The van der Waals surface area contributed by atoms with Gasteiger partial charge in [0.25, 0.3) is 5.91 Å². The summed E-state index contributed by atoms with van der Waals surface area (Å²) in [5, 5.41) is 2.69. The second kappa shape index (κ2) is 9.19. The average Bonchev–Trinajstić information content (AvgIpc) is 2.59. The van der Waals surface area contributed by atoms with Crippen molar-refractivity contribution in [1.29, 1.82) is 0 Å². The number of methoxy groups -OCH3 is 1. The number of benzene rings is 1. The number of carbonyl (C=O) groups is 2. The van der Waals surface area contributed by atoms with Gasteiger partial charge in [-0.3, -0.25) is 9.59 Å². The predicted octanol–water partition coefficient (Wildman–Crippen LogP) is 0.195. The Labute approximate surface area is 139 Å². The number of halogens is 1. The monoisotopic (exact) mass is 340 g/mol. The maximum absolute atomic E-state index is 12.8. The van der Waals surface area contributed by atoms with Crippen molar-refractivity contribution in [2.45, 2.75) is 6.10 Å². The standard InChI is InChI=1S/C16H21FN2O5/c1-22-7-6-19-9-14(24-11-16(19)21)8-18-15(20)10-23-13-4-2-12(17)3-5-13/h2-5,14H,6-11H2,1H3,(H,18,20). The molecule has 1 unspecified atom stereocenters. The minimum Gasteiger partial charge on any atom is -0.484 e. The Kier molecular flexibility index (Phi) is 6.95. The first-order chi connectivity index (χ1) is 11.6. The third-order valence-corrected chi connectivity index (χ3v) is 3.50. The number of ether oxygens (including phenoxy) is 3. The smallest absolute Gasteiger partial charge is 0.258 e. The van der Waals surface area contributed by atoms with Gasteiger partial charge in [0.05, 0.1) is 12.7 Å². The molecule has 0 radical (unpaired) electrons. The summed E-state index contributed by atoms with van der Waals surface area (Å²) in [4.78, 5) is 25.1. The molecular formula is C16H21FN2O5. The Morgan fingerprint density at radius 1 is 1.42 bits per heavy atom. The fourth-order valence-corrected chi connectivity index (χ4v) is 2.18. The molecule has 24 heavy (non-hydrogen) atoms. The topological polar surface area (TPSA) is 77.1 Å². The van der Waals surface area contributed by atoms with Gasteiger partial charge in [0, 0.05) is 26.7 Å². The van der Waals surface area contributed by atoms with Gasteiger partial charge < -0.3 is 24.4 Å². The fourth-order valence-electron chi connectivity index (χ4n) is 2.18. The molecule has 1 aromatic carbocycles. The first kappa shape index (κ1) is 18.2. The lowest BCUT2D eigenvalue weighted by Gasteiger charge is -2.32. The highest BCUT2D eigenvalue weighted by molar-refractivity contribution is 5.78. The minimum atomic E-state index is -0.367. The molecule has 8 heteroatoms. The van der Waals surface area contributed by atoms with Gasteiger partial charge >= 0.3 is 0 Å². The van der Waals surface area contributed by atoms with E-state index in [1.165, 1.54) is 24.3 Å². The van der Waals surface area contributed by atoms with E-state index in [9.17, 15) is 14.0 Å². The fraction of sp³-hybridized carbons (Fsp3) is 0.500. The SMILES string of the molecule is COCCN1CC(CNC(=O)COc2ccc(F)cc2)OCC1=O. The van der Waals surface area contributed by atoms with Crippen LogP contribution in [-0.2, 0) is 19.1 Å². The number of hydrogen-bond donors (Lipinski definition) is 1. The number of amides is 2.